The van der Waals surface area contributed by atoms with E-state index in [9.17, 15) is 8.78 Å². The molecule has 20 heavy (non-hydrogen) atoms. The molecule has 0 radical (unpaired) electrons. The van der Waals surface area contributed by atoms with Crippen LogP contribution in [0, 0.1) is 11.6 Å². The monoisotopic (exact) mass is 315 g/mol. The van der Waals surface area contributed by atoms with Gasteiger partial charge in [-0.2, -0.15) is 0 Å². The van der Waals surface area contributed by atoms with Crippen molar-refractivity contribution in [3.63, 3.8) is 0 Å². The van der Waals surface area contributed by atoms with Crippen molar-refractivity contribution < 1.29 is 8.78 Å². The third-order valence-corrected chi connectivity index (χ3v) is 3.65. The molecule has 1 nitrogen and oxygen atoms in total. The summed E-state index contributed by atoms with van der Waals surface area (Å²) in [6.45, 7) is 0. The average molecular weight is 316 g/mol. The Kier molecular flexibility index (Phi) is 4.97. The fraction of sp³-hybridized carbons (Fsp3) is 0.200. The molecule has 0 aromatic heterocycles. The van der Waals surface area contributed by atoms with Crippen LogP contribution >= 0.6 is 23.2 Å². The molecule has 0 saturated heterocycles. The van der Waals surface area contributed by atoms with Crippen LogP contribution in [0.25, 0.3) is 0 Å². The van der Waals surface area contributed by atoms with E-state index in [0.29, 0.717) is 17.0 Å². The molecule has 0 aliphatic rings. The predicted octanol–water partition coefficient (Wildman–Crippen LogP) is 4.77. The van der Waals surface area contributed by atoms with Gasteiger partial charge in [-0.1, -0.05) is 29.3 Å². The second-order valence-corrected chi connectivity index (χ2v) is 5.30. The lowest BCUT2D eigenvalue weighted by Gasteiger charge is -2.18. The van der Waals surface area contributed by atoms with Crippen molar-refractivity contribution in [2.24, 2.45) is 0 Å². The van der Waals surface area contributed by atoms with E-state index in [4.69, 9.17) is 23.2 Å². The molecule has 0 aliphatic heterocycles. The molecule has 0 heterocycles. The van der Waals surface area contributed by atoms with E-state index in [1.54, 1.807) is 25.2 Å². The fourth-order valence-electron chi connectivity index (χ4n) is 2.04. The van der Waals surface area contributed by atoms with E-state index >= 15 is 0 Å². The number of halogens is 4. The average Bonchev–Trinajstić information content (AvgIpc) is 2.43. The number of benzene rings is 2. The van der Waals surface area contributed by atoms with Gasteiger partial charge < -0.3 is 5.32 Å². The van der Waals surface area contributed by atoms with Gasteiger partial charge in [-0.3, -0.25) is 0 Å². The summed E-state index contributed by atoms with van der Waals surface area (Å²) in [5.41, 5.74) is 1.29. The maximum Gasteiger partial charge on any atom is 0.141 e. The van der Waals surface area contributed by atoms with E-state index in [1.165, 1.54) is 18.2 Å². The Labute approximate surface area is 126 Å². The van der Waals surface area contributed by atoms with Crippen molar-refractivity contribution in [3.8, 4) is 0 Å². The summed E-state index contributed by atoms with van der Waals surface area (Å²) >= 11 is 11.7. The molecule has 0 saturated carbocycles. The zero-order valence-corrected chi connectivity index (χ0v) is 12.3. The maximum absolute atomic E-state index is 13.8. The van der Waals surface area contributed by atoms with Crippen LogP contribution < -0.4 is 5.32 Å². The van der Waals surface area contributed by atoms with Crippen molar-refractivity contribution in [1.29, 1.82) is 0 Å². The van der Waals surface area contributed by atoms with Crippen LogP contribution in [-0.2, 0) is 6.42 Å². The molecule has 1 atom stereocenters. The van der Waals surface area contributed by atoms with Gasteiger partial charge in [0, 0.05) is 11.1 Å². The first-order valence-corrected chi connectivity index (χ1v) is 6.83. The molecular weight excluding hydrogens is 303 g/mol. The zero-order chi connectivity index (χ0) is 14.7. The summed E-state index contributed by atoms with van der Waals surface area (Å²) in [7, 11) is 1.75. The smallest absolute Gasteiger partial charge is 0.141 e. The highest BCUT2D eigenvalue weighted by atomic mass is 35.5. The van der Waals surface area contributed by atoms with E-state index in [-0.39, 0.29) is 16.9 Å². The first-order valence-electron chi connectivity index (χ1n) is 6.07. The highest BCUT2D eigenvalue weighted by molar-refractivity contribution is 6.31. The Bertz CT molecular complexity index is 617. The van der Waals surface area contributed by atoms with Crippen LogP contribution in [0.4, 0.5) is 8.78 Å². The van der Waals surface area contributed by atoms with Gasteiger partial charge in [0.25, 0.3) is 0 Å². The number of likely N-dealkylation sites (N-methyl/N-ethyl adjacent to an activating group) is 1. The lowest BCUT2D eigenvalue weighted by Crippen LogP contribution is -2.19. The van der Waals surface area contributed by atoms with E-state index in [1.807, 2.05) is 0 Å². The first kappa shape index (κ1) is 15.2. The minimum Gasteiger partial charge on any atom is -0.313 e. The minimum atomic E-state index is -0.473. The lowest BCUT2D eigenvalue weighted by molar-refractivity contribution is 0.552. The van der Waals surface area contributed by atoms with Gasteiger partial charge in [0.15, 0.2) is 0 Å². The van der Waals surface area contributed by atoms with Gasteiger partial charge in [0.2, 0.25) is 0 Å². The molecule has 5 heteroatoms. The summed E-state index contributed by atoms with van der Waals surface area (Å²) in [5.74, 6) is -0.790. The van der Waals surface area contributed by atoms with Crippen molar-refractivity contribution in [2.45, 2.75) is 12.5 Å². The van der Waals surface area contributed by atoms with Gasteiger partial charge in [-0.15, -0.1) is 0 Å². The van der Waals surface area contributed by atoms with Crippen LogP contribution in [-0.4, -0.2) is 7.05 Å². The number of rotatable bonds is 4. The molecule has 1 unspecified atom stereocenters. The van der Waals surface area contributed by atoms with Gasteiger partial charge in [-0.05, 0) is 54.9 Å². The highest BCUT2D eigenvalue weighted by Crippen LogP contribution is 2.25. The van der Waals surface area contributed by atoms with Crippen molar-refractivity contribution in [3.05, 3.63) is 69.2 Å². The van der Waals surface area contributed by atoms with E-state index < -0.39 is 5.82 Å². The Hall–Kier alpha value is -1.16. The van der Waals surface area contributed by atoms with Gasteiger partial charge in [-0.25, -0.2) is 8.78 Å². The second kappa shape index (κ2) is 6.53. The van der Waals surface area contributed by atoms with Crippen LogP contribution in [0.3, 0.4) is 0 Å². The normalized spacial score (nSPS) is 12.4. The molecule has 0 amide bonds. The Balaban J connectivity index is 2.28. The number of hydrogen-bond acceptors (Lipinski definition) is 1. The molecule has 2 aromatic carbocycles. The van der Waals surface area contributed by atoms with Crippen LogP contribution in [0.5, 0.6) is 0 Å². The third kappa shape index (κ3) is 3.48. The van der Waals surface area contributed by atoms with Crippen LogP contribution in [0.1, 0.15) is 17.2 Å². The fourth-order valence-corrected chi connectivity index (χ4v) is 2.42. The van der Waals surface area contributed by atoms with Gasteiger partial charge >= 0.3 is 0 Å². The van der Waals surface area contributed by atoms with Gasteiger partial charge in [0.1, 0.15) is 11.6 Å². The Morgan fingerprint density at radius 2 is 1.75 bits per heavy atom. The summed E-state index contributed by atoms with van der Waals surface area (Å²) in [6.07, 6.45) is 0.394. The maximum atomic E-state index is 13.8. The third-order valence-electron chi connectivity index (χ3n) is 3.13. The molecular formula is C15H13Cl2F2N. The van der Waals surface area contributed by atoms with Crippen molar-refractivity contribution in [2.75, 3.05) is 7.05 Å². The highest BCUT2D eigenvalue weighted by Gasteiger charge is 2.14. The number of hydrogen-bond donors (Lipinski definition) is 1. The predicted molar refractivity (Wildman–Crippen MR) is 78.3 cm³/mol. The summed E-state index contributed by atoms with van der Waals surface area (Å²) < 4.78 is 26.9. The largest absolute Gasteiger partial charge is 0.313 e. The lowest BCUT2D eigenvalue weighted by atomic mass is 9.98. The van der Waals surface area contributed by atoms with Crippen molar-refractivity contribution >= 4 is 23.2 Å². The van der Waals surface area contributed by atoms with E-state index in [2.05, 4.69) is 5.32 Å². The molecule has 1 N–H and O–H groups in total. The Morgan fingerprint density at radius 1 is 1.05 bits per heavy atom. The summed E-state index contributed by atoms with van der Waals surface area (Å²) in [5, 5.41) is 3.60. The topological polar surface area (TPSA) is 12.0 Å². The number of nitrogens with one attached hydrogen (secondary N) is 1. The van der Waals surface area contributed by atoms with Crippen LogP contribution in [0.2, 0.25) is 10.0 Å². The molecule has 106 valence electrons. The quantitative estimate of drug-likeness (QED) is 0.856. The minimum absolute atomic E-state index is 0.0503. The molecule has 2 rings (SSSR count). The molecule has 2 aromatic rings. The second-order valence-electron chi connectivity index (χ2n) is 4.45. The van der Waals surface area contributed by atoms with Gasteiger partial charge in [0.05, 0.1) is 5.02 Å². The van der Waals surface area contributed by atoms with Crippen molar-refractivity contribution in [1.82, 2.24) is 5.32 Å². The molecule has 0 fully saturated rings. The van der Waals surface area contributed by atoms with Crippen LogP contribution in [0.15, 0.2) is 36.4 Å². The molecule has 0 aliphatic carbocycles. The summed E-state index contributed by atoms with van der Waals surface area (Å²) in [4.78, 5) is 0. The Morgan fingerprint density at radius 3 is 2.40 bits per heavy atom. The summed E-state index contributed by atoms with van der Waals surface area (Å²) in [6, 6.07) is 8.72. The molecule has 0 bridgehead atoms. The molecule has 0 spiro atoms. The zero-order valence-electron chi connectivity index (χ0n) is 10.8. The van der Waals surface area contributed by atoms with E-state index in [0.717, 1.165) is 5.56 Å². The SMILES string of the molecule is CNC(Cc1cc(Cl)ccc1F)c1ccc(F)c(Cl)c1. The first-order chi connectivity index (χ1) is 9.51. The standard InChI is InChI=1S/C15H13Cl2F2N/c1-20-15(9-2-4-14(19)12(17)7-9)8-10-6-11(16)3-5-13(10)18/h2-7,15,20H,8H2,1H3.